The molecule has 0 radical (unpaired) electrons. The standard InChI is InChI=1S/C20H26FN7.HI/c1-24-20(26-15-5-2-3-6-15)25-12-4-7-18-17(13-22)19(23)28(27-18)16-10-8-14(21)9-11-16;/h8-11,15H,2-7,12,23H2,1H3,(H2,24,25,26);1H. The predicted molar refractivity (Wildman–Crippen MR) is 123 cm³/mol. The highest BCUT2D eigenvalue weighted by Gasteiger charge is 2.17. The van der Waals surface area contributed by atoms with E-state index in [1.165, 1.54) is 42.5 Å². The van der Waals surface area contributed by atoms with E-state index < -0.39 is 0 Å². The minimum atomic E-state index is -0.333. The molecule has 1 aliphatic rings. The van der Waals surface area contributed by atoms with Gasteiger partial charge in [-0.2, -0.15) is 10.4 Å². The normalized spacial score (nSPS) is 14.3. The minimum absolute atomic E-state index is 0. The van der Waals surface area contributed by atoms with E-state index in [9.17, 15) is 9.65 Å². The first kappa shape index (κ1) is 22.9. The molecule has 1 heterocycles. The third kappa shape index (κ3) is 5.82. The topological polar surface area (TPSA) is 104 Å². The van der Waals surface area contributed by atoms with Crippen LogP contribution in [0.25, 0.3) is 5.69 Å². The fourth-order valence-corrected chi connectivity index (χ4v) is 3.47. The van der Waals surface area contributed by atoms with Crippen LogP contribution in [0.5, 0.6) is 0 Å². The quantitative estimate of drug-likeness (QED) is 0.239. The summed E-state index contributed by atoms with van der Waals surface area (Å²) in [6, 6.07) is 8.50. The van der Waals surface area contributed by atoms with E-state index in [0.29, 0.717) is 36.0 Å². The number of nitrogens with one attached hydrogen (secondary N) is 2. The van der Waals surface area contributed by atoms with Crippen LogP contribution < -0.4 is 16.4 Å². The number of nitrogens with zero attached hydrogens (tertiary/aromatic N) is 4. The van der Waals surface area contributed by atoms with Gasteiger partial charge >= 0.3 is 0 Å². The van der Waals surface area contributed by atoms with E-state index in [-0.39, 0.29) is 35.6 Å². The Morgan fingerprint density at radius 2 is 2.03 bits per heavy atom. The summed E-state index contributed by atoms with van der Waals surface area (Å²) >= 11 is 0. The van der Waals surface area contributed by atoms with Crippen LogP contribution in [0, 0.1) is 17.1 Å². The Morgan fingerprint density at radius 1 is 1.34 bits per heavy atom. The molecule has 7 nitrogen and oxygen atoms in total. The third-order valence-corrected chi connectivity index (χ3v) is 4.98. The van der Waals surface area contributed by atoms with Gasteiger partial charge in [0.25, 0.3) is 0 Å². The highest BCUT2D eigenvalue weighted by molar-refractivity contribution is 14.0. The largest absolute Gasteiger partial charge is 0.382 e. The summed E-state index contributed by atoms with van der Waals surface area (Å²) in [4.78, 5) is 4.27. The highest BCUT2D eigenvalue weighted by Crippen LogP contribution is 2.21. The number of nitriles is 1. The summed E-state index contributed by atoms with van der Waals surface area (Å²) in [6.07, 6.45) is 6.29. The molecule has 1 aliphatic carbocycles. The van der Waals surface area contributed by atoms with Gasteiger partial charge in [-0.3, -0.25) is 4.99 Å². The number of hydrogen-bond donors (Lipinski definition) is 3. The molecule has 0 bridgehead atoms. The van der Waals surface area contributed by atoms with Gasteiger partial charge in [-0.25, -0.2) is 9.07 Å². The Kier molecular flexibility index (Phi) is 8.70. The second-order valence-corrected chi connectivity index (χ2v) is 6.94. The molecular formula is C20H27FIN7. The van der Waals surface area contributed by atoms with Crippen LogP contribution in [-0.4, -0.2) is 35.4 Å². The van der Waals surface area contributed by atoms with Crippen molar-refractivity contribution in [2.75, 3.05) is 19.3 Å². The van der Waals surface area contributed by atoms with Crippen molar-refractivity contribution in [1.29, 1.82) is 5.26 Å². The first-order valence-electron chi connectivity index (χ1n) is 9.63. The van der Waals surface area contributed by atoms with E-state index in [2.05, 4.69) is 26.8 Å². The molecule has 0 unspecified atom stereocenters. The zero-order chi connectivity index (χ0) is 19.9. The van der Waals surface area contributed by atoms with Gasteiger partial charge in [0.15, 0.2) is 5.96 Å². The van der Waals surface area contributed by atoms with Crippen molar-refractivity contribution in [2.45, 2.75) is 44.6 Å². The SMILES string of the molecule is CN=C(NCCCc1nn(-c2ccc(F)cc2)c(N)c1C#N)NC1CCCC1.I. The molecule has 1 fully saturated rings. The summed E-state index contributed by atoms with van der Waals surface area (Å²) in [5.74, 6) is 0.750. The van der Waals surface area contributed by atoms with Crippen molar-refractivity contribution >= 4 is 35.8 Å². The number of halogens is 2. The fourth-order valence-electron chi connectivity index (χ4n) is 3.47. The lowest BCUT2D eigenvalue weighted by molar-refractivity contribution is 0.609. The smallest absolute Gasteiger partial charge is 0.191 e. The van der Waals surface area contributed by atoms with Crippen molar-refractivity contribution in [2.24, 2.45) is 4.99 Å². The number of benzene rings is 1. The summed E-state index contributed by atoms with van der Waals surface area (Å²) < 4.78 is 14.6. The molecule has 9 heteroatoms. The van der Waals surface area contributed by atoms with Crippen LogP contribution in [0.4, 0.5) is 10.2 Å². The summed E-state index contributed by atoms with van der Waals surface area (Å²) in [5, 5.41) is 20.7. The number of anilines is 1. The number of nitrogen functional groups attached to an aromatic ring is 1. The van der Waals surface area contributed by atoms with Crippen molar-refractivity contribution in [3.05, 3.63) is 41.3 Å². The monoisotopic (exact) mass is 511 g/mol. The van der Waals surface area contributed by atoms with Crippen LogP contribution in [0.1, 0.15) is 43.4 Å². The zero-order valence-electron chi connectivity index (χ0n) is 16.5. The summed E-state index contributed by atoms with van der Waals surface area (Å²) in [5.41, 5.74) is 7.73. The first-order chi connectivity index (χ1) is 13.6. The maximum atomic E-state index is 13.1. The van der Waals surface area contributed by atoms with Crippen molar-refractivity contribution in [3.63, 3.8) is 0 Å². The van der Waals surface area contributed by atoms with E-state index >= 15 is 0 Å². The van der Waals surface area contributed by atoms with Gasteiger partial charge in [0, 0.05) is 19.6 Å². The molecule has 29 heavy (non-hydrogen) atoms. The Morgan fingerprint density at radius 3 is 2.66 bits per heavy atom. The second-order valence-electron chi connectivity index (χ2n) is 6.94. The molecule has 0 saturated heterocycles. The number of guanidine groups is 1. The third-order valence-electron chi connectivity index (χ3n) is 4.98. The van der Waals surface area contributed by atoms with Gasteiger partial charge in [0.2, 0.25) is 0 Å². The maximum absolute atomic E-state index is 13.1. The van der Waals surface area contributed by atoms with Crippen molar-refractivity contribution in [3.8, 4) is 11.8 Å². The molecule has 0 spiro atoms. The van der Waals surface area contributed by atoms with Crippen LogP contribution >= 0.6 is 24.0 Å². The molecule has 1 aromatic carbocycles. The second kappa shape index (κ2) is 11.0. The zero-order valence-corrected chi connectivity index (χ0v) is 18.8. The first-order valence-corrected chi connectivity index (χ1v) is 9.63. The average Bonchev–Trinajstić information content (AvgIpc) is 3.32. The molecule has 2 aromatic rings. The molecule has 0 amide bonds. The highest BCUT2D eigenvalue weighted by atomic mass is 127. The number of hydrogen-bond acceptors (Lipinski definition) is 4. The van der Waals surface area contributed by atoms with Gasteiger partial charge in [-0.15, -0.1) is 24.0 Å². The summed E-state index contributed by atoms with van der Waals surface area (Å²) in [7, 11) is 1.77. The van der Waals surface area contributed by atoms with Gasteiger partial charge < -0.3 is 16.4 Å². The molecule has 1 saturated carbocycles. The Labute approximate surface area is 187 Å². The van der Waals surface area contributed by atoms with Gasteiger partial charge in [-0.1, -0.05) is 12.8 Å². The Bertz CT molecular complexity index is 864. The van der Waals surface area contributed by atoms with Crippen LogP contribution in [0.2, 0.25) is 0 Å². The maximum Gasteiger partial charge on any atom is 0.191 e. The van der Waals surface area contributed by atoms with E-state index in [1.807, 2.05) is 0 Å². The predicted octanol–water partition coefficient (Wildman–Crippen LogP) is 3.12. The summed E-state index contributed by atoms with van der Waals surface area (Å²) in [6.45, 7) is 0.709. The lowest BCUT2D eigenvalue weighted by Gasteiger charge is -2.16. The molecule has 0 atom stereocenters. The van der Waals surface area contributed by atoms with E-state index in [1.54, 1.807) is 19.2 Å². The Hall–Kier alpha value is -2.35. The molecule has 156 valence electrons. The molecule has 0 aliphatic heterocycles. The van der Waals surface area contributed by atoms with Gasteiger partial charge in [0.1, 0.15) is 23.3 Å². The van der Waals surface area contributed by atoms with Crippen LogP contribution in [0.3, 0.4) is 0 Å². The van der Waals surface area contributed by atoms with E-state index in [0.717, 1.165) is 12.4 Å². The van der Waals surface area contributed by atoms with E-state index in [4.69, 9.17) is 5.73 Å². The molecular weight excluding hydrogens is 484 g/mol. The van der Waals surface area contributed by atoms with Crippen molar-refractivity contribution in [1.82, 2.24) is 20.4 Å². The number of aromatic nitrogens is 2. The van der Waals surface area contributed by atoms with Gasteiger partial charge in [0.05, 0.1) is 11.4 Å². The van der Waals surface area contributed by atoms with Crippen LogP contribution in [-0.2, 0) is 6.42 Å². The fraction of sp³-hybridized carbons (Fsp3) is 0.450. The van der Waals surface area contributed by atoms with Crippen LogP contribution in [0.15, 0.2) is 29.3 Å². The van der Waals surface area contributed by atoms with Crippen molar-refractivity contribution < 1.29 is 4.39 Å². The molecule has 3 rings (SSSR count). The minimum Gasteiger partial charge on any atom is -0.382 e. The van der Waals surface area contributed by atoms with Gasteiger partial charge in [-0.05, 0) is 49.9 Å². The Balaban J connectivity index is 0.00000300. The molecule has 1 aromatic heterocycles. The lowest BCUT2D eigenvalue weighted by Crippen LogP contribution is -2.42. The number of nitrogens with two attached hydrogens (primary N) is 1. The number of aliphatic imine (C=N–C) groups is 1. The average molecular weight is 511 g/mol. The number of rotatable bonds is 6. The molecule has 4 N–H and O–H groups in total. The lowest BCUT2D eigenvalue weighted by atomic mass is 10.1. The number of aryl methyl sites for hydroxylation is 1.